The number of aromatic nitrogens is 1. The lowest BCUT2D eigenvalue weighted by Crippen LogP contribution is -2.06. The number of carbonyl (C=O) groups excluding carboxylic acids is 1. The fourth-order valence-corrected chi connectivity index (χ4v) is 2.86. The van der Waals surface area contributed by atoms with Gasteiger partial charge in [-0.3, -0.25) is 0 Å². The summed E-state index contributed by atoms with van der Waals surface area (Å²) in [6, 6.07) is 7.59. The molecule has 0 aliphatic carbocycles. The summed E-state index contributed by atoms with van der Waals surface area (Å²) < 4.78 is 17.9. The Morgan fingerprint density at radius 2 is 2.00 bits per heavy atom. The number of nitrogens with one attached hydrogen (secondary N) is 1. The fourth-order valence-electron chi connectivity index (χ4n) is 2.86. The molecule has 3 rings (SSSR count). The molecule has 0 radical (unpaired) electrons. The molecule has 2 aromatic rings. The second-order valence-corrected chi connectivity index (χ2v) is 5.16. The average molecular weight is 316 g/mol. The zero-order valence-corrected chi connectivity index (χ0v) is 13.5. The molecule has 6 heteroatoms. The maximum absolute atomic E-state index is 12.2. The Balaban J connectivity index is 2.07. The smallest absolute Gasteiger partial charge is 0.341 e. The number of hydrogen-bond acceptors (Lipinski definition) is 5. The molecule has 1 aromatic heterocycles. The van der Waals surface area contributed by atoms with E-state index in [-0.39, 0.29) is 5.97 Å². The summed E-state index contributed by atoms with van der Waals surface area (Å²) in [6.45, 7) is 3.76. The quantitative estimate of drug-likeness (QED) is 0.860. The van der Waals surface area contributed by atoms with Gasteiger partial charge in [0, 0.05) is 18.7 Å². The fraction of sp³-hybridized carbons (Fsp3) is 0.353. The summed E-state index contributed by atoms with van der Waals surface area (Å²) in [5, 5.41) is 3.26. The number of rotatable bonds is 5. The summed E-state index contributed by atoms with van der Waals surface area (Å²) in [5.41, 5.74) is 2.48. The molecule has 0 fully saturated rings. The predicted molar refractivity (Wildman–Crippen MR) is 87.4 cm³/mol. The van der Waals surface area contributed by atoms with E-state index in [2.05, 4.69) is 9.88 Å². The van der Waals surface area contributed by atoms with E-state index in [0.717, 1.165) is 30.2 Å². The third-order valence-corrected chi connectivity index (χ3v) is 3.90. The monoisotopic (exact) mass is 316 g/mol. The molecular weight excluding hydrogens is 296 g/mol. The van der Waals surface area contributed by atoms with Gasteiger partial charge < -0.3 is 24.1 Å². The standard InChI is InChI=1S/C17H20N2O4/c1-4-23-17(20)12-10-13(19-8-7-18-16(12)19)11-5-6-14(21-2)15(9-11)22-3/h5-6,9-10,18H,4,7-8H2,1-3H3. The molecule has 2 heterocycles. The second kappa shape index (κ2) is 6.24. The van der Waals surface area contributed by atoms with Gasteiger partial charge in [-0.15, -0.1) is 0 Å². The van der Waals surface area contributed by atoms with Gasteiger partial charge in [0.05, 0.1) is 26.5 Å². The van der Waals surface area contributed by atoms with E-state index in [4.69, 9.17) is 14.2 Å². The first-order valence-electron chi connectivity index (χ1n) is 7.56. The highest BCUT2D eigenvalue weighted by atomic mass is 16.5. The van der Waals surface area contributed by atoms with Crippen LogP contribution >= 0.6 is 0 Å². The third-order valence-electron chi connectivity index (χ3n) is 3.90. The Morgan fingerprint density at radius 3 is 2.70 bits per heavy atom. The van der Waals surface area contributed by atoms with E-state index >= 15 is 0 Å². The summed E-state index contributed by atoms with van der Waals surface area (Å²) >= 11 is 0. The number of nitrogens with zero attached hydrogens (tertiary/aromatic N) is 1. The Kier molecular flexibility index (Phi) is 4.14. The van der Waals surface area contributed by atoms with Crippen molar-refractivity contribution in [3.8, 4) is 22.8 Å². The van der Waals surface area contributed by atoms with Crippen molar-refractivity contribution in [1.82, 2.24) is 4.57 Å². The van der Waals surface area contributed by atoms with Crippen molar-refractivity contribution in [2.45, 2.75) is 13.5 Å². The molecule has 1 aliphatic heterocycles. The summed E-state index contributed by atoms with van der Waals surface area (Å²) in [7, 11) is 3.21. The van der Waals surface area contributed by atoms with Crippen molar-refractivity contribution in [1.29, 1.82) is 0 Å². The highest BCUT2D eigenvalue weighted by molar-refractivity contribution is 5.97. The van der Waals surface area contributed by atoms with E-state index in [9.17, 15) is 4.79 Å². The zero-order valence-electron chi connectivity index (χ0n) is 13.5. The second-order valence-electron chi connectivity index (χ2n) is 5.16. The highest BCUT2D eigenvalue weighted by Crippen LogP contribution is 2.37. The number of hydrogen-bond donors (Lipinski definition) is 1. The van der Waals surface area contributed by atoms with E-state index < -0.39 is 0 Å². The first-order valence-corrected chi connectivity index (χ1v) is 7.56. The Labute approximate surface area is 135 Å². The predicted octanol–water partition coefficient (Wildman–Crippen LogP) is 2.77. The van der Waals surface area contributed by atoms with E-state index in [1.54, 1.807) is 21.1 Å². The van der Waals surface area contributed by atoms with Crippen LogP contribution in [-0.2, 0) is 11.3 Å². The molecule has 0 amide bonds. The van der Waals surface area contributed by atoms with Crippen molar-refractivity contribution in [2.75, 3.05) is 32.7 Å². The van der Waals surface area contributed by atoms with E-state index in [1.165, 1.54) is 0 Å². The van der Waals surface area contributed by atoms with Crippen molar-refractivity contribution >= 4 is 11.8 Å². The first-order chi connectivity index (χ1) is 11.2. The number of benzene rings is 1. The molecule has 1 aromatic carbocycles. The van der Waals surface area contributed by atoms with Crippen molar-refractivity contribution in [3.05, 3.63) is 29.8 Å². The topological polar surface area (TPSA) is 61.7 Å². The third kappa shape index (κ3) is 2.60. The lowest BCUT2D eigenvalue weighted by molar-refractivity contribution is 0.0527. The maximum Gasteiger partial charge on any atom is 0.341 e. The van der Waals surface area contributed by atoms with Crippen LogP contribution in [0.4, 0.5) is 5.82 Å². The minimum absolute atomic E-state index is 0.308. The largest absolute Gasteiger partial charge is 0.493 e. The van der Waals surface area contributed by atoms with Crippen LogP contribution in [0, 0.1) is 0 Å². The Morgan fingerprint density at radius 1 is 1.22 bits per heavy atom. The molecule has 0 bridgehead atoms. The van der Waals surface area contributed by atoms with Gasteiger partial charge in [0.25, 0.3) is 0 Å². The van der Waals surface area contributed by atoms with Crippen LogP contribution in [0.3, 0.4) is 0 Å². The summed E-state index contributed by atoms with van der Waals surface area (Å²) in [4.78, 5) is 12.2. The minimum Gasteiger partial charge on any atom is -0.493 e. The van der Waals surface area contributed by atoms with Gasteiger partial charge in [0.1, 0.15) is 11.4 Å². The van der Waals surface area contributed by atoms with Crippen LogP contribution in [0.2, 0.25) is 0 Å². The van der Waals surface area contributed by atoms with Crippen LogP contribution in [0.1, 0.15) is 17.3 Å². The van der Waals surface area contributed by atoms with Gasteiger partial charge >= 0.3 is 5.97 Å². The molecule has 0 spiro atoms. The van der Waals surface area contributed by atoms with Gasteiger partial charge in [-0.25, -0.2) is 4.79 Å². The van der Waals surface area contributed by atoms with Crippen molar-refractivity contribution in [3.63, 3.8) is 0 Å². The highest BCUT2D eigenvalue weighted by Gasteiger charge is 2.25. The van der Waals surface area contributed by atoms with Gasteiger partial charge in [0.2, 0.25) is 0 Å². The van der Waals surface area contributed by atoms with E-state index in [0.29, 0.717) is 23.7 Å². The van der Waals surface area contributed by atoms with E-state index in [1.807, 2.05) is 24.3 Å². The first kappa shape index (κ1) is 15.3. The molecule has 0 atom stereocenters. The number of anilines is 1. The lowest BCUT2D eigenvalue weighted by Gasteiger charge is -2.10. The summed E-state index contributed by atoms with van der Waals surface area (Å²) in [5.74, 6) is 1.84. The SMILES string of the molecule is CCOC(=O)c1cc(-c2ccc(OC)c(OC)c2)n2c1NCC2. The molecule has 1 N–H and O–H groups in total. The van der Waals surface area contributed by atoms with Gasteiger partial charge in [-0.2, -0.15) is 0 Å². The molecule has 122 valence electrons. The number of carbonyl (C=O) groups is 1. The molecule has 6 nitrogen and oxygen atoms in total. The average Bonchev–Trinajstić information content (AvgIpc) is 3.16. The Hall–Kier alpha value is -2.63. The number of fused-ring (bicyclic) bond motifs is 1. The minimum atomic E-state index is -0.308. The Bertz CT molecular complexity index is 736. The van der Waals surface area contributed by atoms with Crippen LogP contribution in [0.25, 0.3) is 11.3 Å². The van der Waals surface area contributed by atoms with Crippen molar-refractivity contribution in [2.24, 2.45) is 0 Å². The molecule has 0 unspecified atom stereocenters. The molecule has 23 heavy (non-hydrogen) atoms. The van der Waals surface area contributed by atoms with Crippen LogP contribution in [0.5, 0.6) is 11.5 Å². The van der Waals surface area contributed by atoms with Crippen LogP contribution < -0.4 is 14.8 Å². The summed E-state index contributed by atoms with van der Waals surface area (Å²) in [6.07, 6.45) is 0. The number of methoxy groups -OCH3 is 2. The molecule has 1 aliphatic rings. The number of ether oxygens (including phenoxy) is 3. The van der Waals surface area contributed by atoms with Gasteiger partial charge in [-0.1, -0.05) is 0 Å². The zero-order chi connectivity index (χ0) is 16.4. The van der Waals surface area contributed by atoms with Gasteiger partial charge in [0.15, 0.2) is 11.5 Å². The van der Waals surface area contributed by atoms with Crippen molar-refractivity contribution < 1.29 is 19.0 Å². The normalized spacial score (nSPS) is 12.5. The van der Waals surface area contributed by atoms with Gasteiger partial charge in [-0.05, 0) is 31.2 Å². The lowest BCUT2D eigenvalue weighted by atomic mass is 10.1. The van der Waals surface area contributed by atoms with Crippen LogP contribution in [-0.4, -0.2) is 37.9 Å². The number of esters is 1. The maximum atomic E-state index is 12.2. The molecule has 0 saturated heterocycles. The molecule has 0 saturated carbocycles. The molecular formula is C17H20N2O4. The van der Waals surface area contributed by atoms with Crippen LogP contribution in [0.15, 0.2) is 24.3 Å².